The molecule has 80 valence electrons. The van der Waals surface area contributed by atoms with Crippen LogP contribution in [-0.4, -0.2) is 41.4 Å². The van der Waals surface area contributed by atoms with Crippen molar-refractivity contribution in [2.24, 2.45) is 5.73 Å². The second kappa shape index (κ2) is 4.47. The zero-order valence-corrected chi connectivity index (χ0v) is 8.74. The van der Waals surface area contributed by atoms with E-state index in [9.17, 15) is 8.42 Å². The zero-order valence-electron chi connectivity index (χ0n) is 7.92. The summed E-state index contributed by atoms with van der Waals surface area (Å²) in [7, 11) is -3.09. The van der Waals surface area contributed by atoms with Crippen molar-refractivity contribution in [2.75, 3.05) is 12.8 Å². The van der Waals surface area contributed by atoms with Crippen molar-refractivity contribution in [1.82, 2.24) is 20.2 Å². The lowest BCUT2D eigenvalue weighted by Crippen LogP contribution is -2.13. The minimum Gasteiger partial charge on any atom is -0.330 e. The largest absolute Gasteiger partial charge is 0.330 e. The maximum absolute atomic E-state index is 11.0. The van der Waals surface area contributed by atoms with Gasteiger partial charge in [0.1, 0.15) is 5.75 Å². The van der Waals surface area contributed by atoms with E-state index in [4.69, 9.17) is 5.73 Å². The highest BCUT2D eigenvalue weighted by molar-refractivity contribution is 7.89. The summed E-state index contributed by atoms with van der Waals surface area (Å²) in [5.41, 5.74) is 5.32. The Balaban J connectivity index is 2.72. The van der Waals surface area contributed by atoms with Gasteiger partial charge >= 0.3 is 0 Å². The third kappa shape index (κ3) is 3.38. The molecule has 1 aromatic rings. The van der Waals surface area contributed by atoms with Crippen molar-refractivity contribution >= 4 is 9.84 Å². The second-order valence-corrected chi connectivity index (χ2v) is 5.17. The SMILES string of the molecule is CS(=O)(=O)Cc1nnnn1CCCN. The number of tetrazole rings is 1. The van der Waals surface area contributed by atoms with Gasteiger partial charge in [-0.15, -0.1) is 5.10 Å². The molecule has 0 fully saturated rings. The third-order valence-corrected chi connectivity index (χ3v) is 2.35. The Morgan fingerprint density at radius 1 is 1.50 bits per heavy atom. The number of nitrogens with zero attached hydrogens (tertiary/aromatic N) is 4. The van der Waals surface area contributed by atoms with E-state index < -0.39 is 9.84 Å². The highest BCUT2D eigenvalue weighted by Gasteiger charge is 2.11. The van der Waals surface area contributed by atoms with Gasteiger partial charge in [0.15, 0.2) is 15.7 Å². The fourth-order valence-electron chi connectivity index (χ4n) is 0.976. The summed E-state index contributed by atoms with van der Waals surface area (Å²) < 4.78 is 23.4. The molecule has 0 radical (unpaired) electrons. The number of rotatable bonds is 5. The zero-order chi connectivity index (χ0) is 10.6. The smallest absolute Gasteiger partial charge is 0.166 e. The summed E-state index contributed by atoms with van der Waals surface area (Å²) in [6.45, 7) is 1.08. The van der Waals surface area contributed by atoms with Crippen LogP contribution in [0.1, 0.15) is 12.2 Å². The molecule has 0 bridgehead atoms. The second-order valence-electron chi connectivity index (χ2n) is 3.03. The van der Waals surface area contributed by atoms with E-state index in [-0.39, 0.29) is 5.75 Å². The van der Waals surface area contributed by atoms with Gasteiger partial charge in [-0.1, -0.05) is 0 Å². The highest BCUT2D eigenvalue weighted by Crippen LogP contribution is 1.99. The first-order valence-corrected chi connectivity index (χ1v) is 6.22. The van der Waals surface area contributed by atoms with Crippen LogP contribution in [0.2, 0.25) is 0 Å². The highest BCUT2D eigenvalue weighted by atomic mass is 32.2. The molecule has 0 aliphatic heterocycles. The fourth-order valence-corrected chi connectivity index (χ4v) is 1.65. The fraction of sp³-hybridized carbons (Fsp3) is 0.833. The van der Waals surface area contributed by atoms with E-state index >= 15 is 0 Å². The van der Waals surface area contributed by atoms with E-state index in [1.54, 1.807) is 0 Å². The molecule has 1 heterocycles. The maximum atomic E-state index is 11.0. The Hall–Kier alpha value is -1.02. The number of sulfone groups is 1. The topological polar surface area (TPSA) is 104 Å². The van der Waals surface area contributed by atoms with Crippen LogP contribution in [0.5, 0.6) is 0 Å². The lowest BCUT2D eigenvalue weighted by atomic mass is 10.4. The molecular weight excluding hydrogens is 206 g/mol. The molecule has 1 rings (SSSR count). The summed E-state index contributed by atoms with van der Waals surface area (Å²) in [6, 6.07) is 0. The van der Waals surface area contributed by atoms with Gasteiger partial charge in [0.05, 0.1) is 0 Å². The van der Waals surface area contributed by atoms with Crippen LogP contribution in [0.4, 0.5) is 0 Å². The average Bonchev–Trinajstić information content (AvgIpc) is 2.45. The molecule has 0 amide bonds. The molecule has 7 nitrogen and oxygen atoms in total. The first-order valence-electron chi connectivity index (χ1n) is 4.16. The molecule has 0 atom stereocenters. The van der Waals surface area contributed by atoms with Crippen LogP contribution >= 0.6 is 0 Å². The van der Waals surface area contributed by atoms with Crippen molar-refractivity contribution < 1.29 is 8.42 Å². The minimum absolute atomic E-state index is 0.134. The Bertz CT molecular complexity index is 385. The average molecular weight is 219 g/mol. The Labute approximate surface area is 82.2 Å². The molecule has 0 aliphatic rings. The Morgan fingerprint density at radius 3 is 2.79 bits per heavy atom. The predicted molar refractivity (Wildman–Crippen MR) is 50.0 cm³/mol. The molecular formula is C6H13N5O2S. The summed E-state index contributed by atoms with van der Waals surface area (Å²) in [5, 5.41) is 10.7. The van der Waals surface area contributed by atoms with Gasteiger partial charge in [-0.2, -0.15) is 0 Å². The lowest BCUT2D eigenvalue weighted by molar-refractivity contribution is 0.545. The van der Waals surface area contributed by atoms with E-state index in [0.29, 0.717) is 18.9 Å². The molecule has 8 heteroatoms. The van der Waals surface area contributed by atoms with Gasteiger partial charge in [-0.3, -0.25) is 0 Å². The van der Waals surface area contributed by atoms with Gasteiger partial charge in [0.2, 0.25) is 0 Å². The van der Waals surface area contributed by atoms with Gasteiger partial charge in [0.25, 0.3) is 0 Å². The minimum atomic E-state index is -3.09. The first kappa shape index (κ1) is 11.1. The van der Waals surface area contributed by atoms with Crippen molar-refractivity contribution in [2.45, 2.75) is 18.7 Å². The van der Waals surface area contributed by atoms with Crippen LogP contribution < -0.4 is 5.73 Å². The quantitative estimate of drug-likeness (QED) is 0.651. The van der Waals surface area contributed by atoms with E-state index in [0.717, 1.165) is 12.7 Å². The Kier molecular flexibility index (Phi) is 3.53. The monoisotopic (exact) mass is 219 g/mol. The van der Waals surface area contributed by atoms with E-state index in [2.05, 4.69) is 15.5 Å². The predicted octanol–water partition coefficient (Wildman–Crippen LogP) is -1.43. The molecule has 14 heavy (non-hydrogen) atoms. The van der Waals surface area contributed by atoms with Crippen molar-refractivity contribution in [3.8, 4) is 0 Å². The van der Waals surface area contributed by atoms with Crippen LogP contribution in [-0.2, 0) is 22.1 Å². The third-order valence-electron chi connectivity index (χ3n) is 1.57. The van der Waals surface area contributed by atoms with E-state index in [1.807, 2.05) is 0 Å². The van der Waals surface area contributed by atoms with Crippen molar-refractivity contribution in [3.05, 3.63) is 5.82 Å². The summed E-state index contributed by atoms with van der Waals surface area (Å²) >= 11 is 0. The molecule has 0 aliphatic carbocycles. The Morgan fingerprint density at radius 2 is 2.21 bits per heavy atom. The molecule has 0 unspecified atom stereocenters. The molecule has 2 N–H and O–H groups in total. The summed E-state index contributed by atoms with van der Waals surface area (Å²) in [5.74, 6) is 0.228. The van der Waals surface area contributed by atoms with Crippen LogP contribution in [0.25, 0.3) is 0 Å². The normalized spacial score (nSPS) is 11.9. The van der Waals surface area contributed by atoms with Crippen molar-refractivity contribution in [1.29, 1.82) is 0 Å². The number of hydrogen-bond donors (Lipinski definition) is 1. The van der Waals surface area contributed by atoms with Crippen molar-refractivity contribution in [3.63, 3.8) is 0 Å². The summed E-state index contributed by atoms with van der Waals surface area (Å²) in [6.07, 6.45) is 1.87. The number of aromatic nitrogens is 4. The van der Waals surface area contributed by atoms with Gasteiger partial charge in [0, 0.05) is 12.8 Å². The molecule has 0 aromatic carbocycles. The van der Waals surface area contributed by atoms with E-state index in [1.165, 1.54) is 4.68 Å². The number of hydrogen-bond acceptors (Lipinski definition) is 6. The molecule has 0 spiro atoms. The molecule has 1 aromatic heterocycles. The lowest BCUT2D eigenvalue weighted by Gasteiger charge is -2.01. The van der Waals surface area contributed by atoms with Gasteiger partial charge in [-0.25, -0.2) is 13.1 Å². The standard InChI is InChI=1S/C6H13N5O2S/c1-14(12,13)5-6-8-9-10-11(6)4-2-3-7/h2-5,7H2,1H3. The first-order chi connectivity index (χ1) is 6.53. The maximum Gasteiger partial charge on any atom is 0.166 e. The van der Waals surface area contributed by atoms with Crippen LogP contribution in [0.15, 0.2) is 0 Å². The van der Waals surface area contributed by atoms with Gasteiger partial charge in [-0.05, 0) is 23.4 Å². The number of nitrogens with two attached hydrogens (primary N) is 1. The van der Waals surface area contributed by atoms with Gasteiger partial charge < -0.3 is 5.73 Å². The van der Waals surface area contributed by atoms with Crippen LogP contribution in [0, 0.1) is 0 Å². The summed E-state index contributed by atoms with van der Waals surface area (Å²) in [4.78, 5) is 0. The van der Waals surface area contributed by atoms with Crippen LogP contribution in [0.3, 0.4) is 0 Å². The number of aryl methyl sites for hydroxylation is 1. The molecule has 0 saturated heterocycles. The molecule has 0 saturated carbocycles.